The second kappa shape index (κ2) is 5.20. The van der Waals surface area contributed by atoms with Gasteiger partial charge in [-0.2, -0.15) is 10.2 Å². The van der Waals surface area contributed by atoms with Gasteiger partial charge in [-0.3, -0.25) is 14.5 Å². The van der Waals surface area contributed by atoms with Gasteiger partial charge in [0, 0.05) is 31.7 Å². The molecule has 1 N–H and O–H groups in total. The van der Waals surface area contributed by atoms with E-state index >= 15 is 0 Å². The first-order valence-electron chi connectivity index (χ1n) is 6.41. The van der Waals surface area contributed by atoms with Gasteiger partial charge in [-0.15, -0.1) is 0 Å². The van der Waals surface area contributed by atoms with Crippen LogP contribution in [-0.2, 0) is 7.05 Å². The van der Waals surface area contributed by atoms with Gasteiger partial charge in [-0.1, -0.05) is 0 Å². The van der Waals surface area contributed by atoms with Crippen molar-refractivity contribution in [2.24, 2.45) is 7.05 Å². The van der Waals surface area contributed by atoms with Crippen LogP contribution >= 0.6 is 0 Å². The fourth-order valence-electron chi connectivity index (χ4n) is 2.02. The van der Waals surface area contributed by atoms with E-state index in [9.17, 15) is 4.79 Å². The third-order valence-corrected chi connectivity index (χ3v) is 2.99. The molecule has 0 radical (unpaired) electrons. The Bertz CT molecular complexity index is 775. The van der Waals surface area contributed by atoms with Crippen LogP contribution in [0.2, 0.25) is 0 Å². The minimum atomic E-state index is -0.285. The Morgan fingerprint density at radius 1 is 1.29 bits per heavy atom. The van der Waals surface area contributed by atoms with Crippen LogP contribution in [-0.4, -0.2) is 30.5 Å². The lowest BCUT2D eigenvalue weighted by Crippen LogP contribution is -2.16. The third-order valence-electron chi connectivity index (χ3n) is 2.99. The van der Waals surface area contributed by atoms with Crippen LogP contribution in [0.3, 0.4) is 0 Å². The Morgan fingerprint density at radius 2 is 2.14 bits per heavy atom. The summed E-state index contributed by atoms with van der Waals surface area (Å²) in [7, 11) is 1.77. The van der Waals surface area contributed by atoms with Crippen molar-refractivity contribution >= 4 is 11.7 Å². The van der Waals surface area contributed by atoms with Gasteiger partial charge in [0.25, 0.3) is 5.91 Å². The van der Waals surface area contributed by atoms with E-state index in [1.54, 1.807) is 47.0 Å². The van der Waals surface area contributed by atoms with E-state index in [0.717, 1.165) is 11.4 Å². The van der Waals surface area contributed by atoms with E-state index in [1.165, 1.54) is 0 Å². The minimum Gasteiger partial charge on any atom is -0.305 e. The first kappa shape index (κ1) is 13.0. The van der Waals surface area contributed by atoms with Gasteiger partial charge in [0.15, 0.2) is 0 Å². The predicted octanol–water partition coefficient (Wildman–Crippen LogP) is 1.56. The molecule has 3 rings (SSSR count). The molecule has 7 nitrogen and oxygen atoms in total. The summed E-state index contributed by atoms with van der Waals surface area (Å²) in [5.41, 5.74) is 1.94. The highest BCUT2D eigenvalue weighted by molar-refractivity contribution is 6.02. The summed E-state index contributed by atoms with van der Waals surface area (Å²) >= 11 is 0. The maximum absolute atomic E-state index is 12.3. The Kier molecular flexibility index (Phi) is 3.23. The molecule has 0 saturated carbocycles. The summed E-state index contributed by atoms with van der Waals surface area (Å²) in [6, 6.07) is 7.09. The number of hydrogen-bond acceptors (Lipinski definition) is 4. The molecule has 0 unspecified atom stereocenters. The van der Waals surface area contributed by atoms with Crippen molar-refractivity contribution < 1.29 is 4.79 Å². The number of carbonyl (C=O) groups excluding carboxylic acids is 1. The number of aryl methyl sites for hydroxylation is 2. The van der Waals surface area contributed by atoms with Crippen molar-refractivity contribution in [3.63, 3.8) is 0 Å². The summed E-state index contributed by atoms with van der Waals surface area (Å²) < 4.78 is 3.29. The highest BCUT2D eigenvalue weighted by Gasteiger charge is 2.11. The second-order valence-electron chi connectivity index (χ2n) is 4.60. The minimum absolute atomic E-state index is 0.285. The third kappa shape index (κ3) is 2.66. The normalized spacial score (nSPS) is 10.6. The van der Waals surface area contributed by atoms with Crippen molar-refractivity contribution in [3.8, 4) is 5.69 Å². The lowest BCUT2D eigenvalue weighted by atomic mass is 10.3. The van der Waals surface area contributed by atoms with Crippen molar-refractivity contribution in [3.05, 3.63) is 54.2 Å². The smallest absolute Gasteiger partial charge is 0.275 e. The van der Waals surface area contributed by atoms with Crippen LogP contribution in [0.15, 0.2) is 42.9 Å². The van der Waals surface area contributed by atoms with Crippen LogP contribution in [0.5, 0.6) is 0 Å². The molecule has 1 amide bonds. The van der Waals surface area contributed by atoms with Gasteiger partial charge in [0.2, 0.25) is 0 Å². The molecule has 0 aliphatic rings. The Morgan fingerprint density at radius 3 is 2.81 bits per heavy atom. The number of rotatable bonds is 3. The standard InChI is InChI=1S/C14H14N6O/c1-10-8-13(19(2)18-10)17-14(21)12-9-11(4-6-15-12)20-7-3-5-16-20/h3-9H,1-2H3,(H,17,21). The van der Waals surface area contributed by atoms with Crippen molar-refractivity contribution in [2.45, 2.75) is 6.92 Å². The Balaban J connectivity index is 1.85. The number of hydrogen-bond donors (Lipinski definition) is 1. The van der Waals surface area contributed by atoms with Crippen molar-refractivity contribution in [1.29, 1.82) is 0 Å². The summed E-state index contributed by atoms with van der Waals surface area (Å²) in [6.07, 6.45) is 5.07. The first-order valence-corrected chi connectivity index (χ1v) is 6.41. The van der Waals surface area contributed by atoms with E-state index < -0.39 is 0 Å². The number of carbonyl (C=O) groups is 1. The molecular weight excluding hydrogens is 268 g/mol. The fourth-order valence-corrected chi connectivity index (χ4v) is 2.02. The molecule has 0 aromatic carbocycles. The highest BCUT2D eigenvalue weighted by Crippen LogP contribution is 2.11. The van der Waals surface area contributed by atoms with Gasteiger partial charge in [-0.25, -0.2) is 4.68 Å². The van der Waals surface area contributed by atoms with E-state index in [1.807, 2.05) is 19.2 Å². The van der Waals surface area contributed by atoms with Crippen LogP contribution < -0.4 is 5.32 Å². The van der Waals surface area contributed by atoms with Gasteiger partial charge in [-0.05, 0) is 25.1 Å². The predicted molar refractivity (Wildman–Crippen MR) is 77.3 cm³/mol. The zero-order chi connectivity index (χ0) is 14.8. The molecule has 0 aliphatic heterocycles. The fraction of sp³-hybridized carbons (Fsp3) is 0.143. The molecule has 106 valence electrons. The molecule has 3 heterocycles. The van der Waals surface area contributed by atoms with Crippen LogP contribution in [0.4, 0.5) is 5.82 Å². The summed E-state index contributed by atoms with van der Waals surface area (Å²) in [5.74, 6) is 0.343. The zero-order valence-corrected chi connectivity index (χ0v) is 11.7. The molecule has 21 heavy (non-hydrogen) atoms. The number of pyridine rings is 1. The number of amides is 1. The monoisotopic (exact) mass is 282 g/mol. The molecule has 0 aliphatic carbocycles. The summed E-state index contributed by atoms with van der Waals surface area (Å²) in [5, 5.41) is 11.1. The van der Waals surface area contributed by atoms with E-state index in [0.29, 0.717) is 11.5 Å². The average Bonchev–Trinajstić information content (AvgIpc) is 3.09. The van der Waals surface area contributed by atoms with Crippen molar-refractivity contribution in [1.82, 2.24) is 24.5 Å². The topological polar surface area (TPSA) is 77.6 Å². The van der Waals surface area contributed by atoms with Crippen LogP contribution in [0.1, 0.15) is 16.2 Å². The molecule has 0 fully saturated rings. The van der Waals surface area contributed by atoms with Gasteiger partial charge in [0.1, 0.15) is 11.5 Å². The number of anilines is 1. The maximum atomic E-state index is 12.3. The van der Waals surface area contributed by atoms with Crippen molar-refractivity contribution in [2.75, 3.05) is 5.32 Å². The molecule has 0 atom stereocenters. The van der Waals surface area contributed by atoms with Gasteiger partial charge in [0.05, 0.1) is 11.4 Å². The molecular formula is C14H14N6O. The van der Waals surface area contributed by atoms with E-state index in [2.05, 4.69) is 20.5 Å². The second-order valence-corrected chi connectivity index (χ2v) is 4.60. The Hall–Kier alpha value is -2.96. The SMILES string of the molecule is Cc1cc(NC(=O)c2cc(-n3cccn3)ccn2)n(C)n1. The van der Waals surface area contributed by atoms with Crippen LogP contribution in [0, 0.1) is 6.92 Å². The number of nitrogens with one attached hydrogen (secondary N) is 1. The molecule has 3 aromatic heterocycles. The molecule has 0 saturated heterocycles. The zero-order valence-electron chi connectivity index (χ0n) is 11.7. The first-order chi connectivity index (χ1) is 10.1. The number of nitrogens with zero attached hydrogens (tertiary/aromatic N) is 5. The molecule has 7 heteroatoms. The largest absolute Gasteiger partial charge is 0.305 e. The van der Waals surface area contributed by atoms with E-state index in [-0.39, 0.29) is 5.91 Å². The molecule has 0 bridgehead atoms. The summed E-state index contributed by atoms with van der Waals surface area (Å²) in [4.78, 5) is 16.4. The maximum Gasteiger partial charge on any atom is 0.275 e. The van der Waals surface area contributed by atoms with Crippen LogP contribution in [0.25, 0.3) is 5.69 Å². The van der Waals surface area contributed by atoms with Gasteiger partial charge >= 0.3 is 0 Å². The average molecular weight is 282 g/mol. The lowest BCUT2D eigenvalue weighted by molar-refractivity contribution is 0.102. The van der Waals surface area contributed by atoms with Gasteiger partial charge < -0.3 is 5.32 Å². The number of aromatic nitrogens is 5. The quantitative estimate of drug-likeness (QED) is 0.791. The van der Waals surface area contributed by atoms with E-state index in [4.69, 9.17) is 0 Å². The summed E-state index contributed by atoms with van der Waals surface area (Å²) in [6.45, 7) is 1.87. The molecule has 3 aromatic rings. The Labute approximate surface area is 121 Å². The highest BCUT2D eigenvalue weighted by atomic mass is 16.2. The molecule has 0 spiro atoms. The lowest BCUT2D eigenvalue weighted by Gasteiger charge is -2.06.